The number of pyridine rings is 1. The predicted octanol–water partition coefficient (Wildman–Crippen LogP) is 10.8. The van der Waals surface area contributed by atoms with E-state index in [0.29, 0.717) is 5.02 Å². The summed E-state index contributed by atoms with van der Waals surface area (Å²) in [7, 11) is 0. The molecule has 1 N–H and O–H groups in total. The Morgan fingerprint density at radius 1 is 0.568 bits per heavy atom. The van der Waals surface area contributed by atoms with Crippen LogP contribution in [-0.4, -0.2) is 14.0 Å². The quantitative estimate of drug-likeness (QED) is 0.209. The highest BCUT2D eigenvalue weighted by Gasteiger charge is 2.18. The first-order valence-electron chi connectivity index (χ1n) is 14.7. The molecule has 0 spiro atoms. The molecule has 0 amide bonds. The highest BCUT2D eigenvalue weighted by atomic mass is 35.5. The van der Waals surface area contributed by atoms with Gasteiger partial charge in [-0.1, -0.05) is 103 Å². The molecule has 0 fully saturated rings. The number of rotatable bonds is 4. The van der Waals surface area contributed by atoms with Crippen LogP contribution < -0.4 is 5.32 Å². The van der Waals surface area contributed by atoms with Crippen LogP contribution >= 0.6 is 11.6 Å². The van der Waals surface area contributed by atoms with E-state index in [1.807, 2.05) is 30.5 Å². The van der Waals surface area contributed by atoms with Gasteiger partial charge in [-0.05, 0) is 65.0 Å². The van der Waals surface area contributed by atoms with E-state index in [4.69, 9.17) is 16.6 Å². The van der Waals surface area contributed by atoms with Gasteiger partial charge in [-0.15, -0.1) is 0 Å². The Hall–Kier alpha value is -5.58. The molecule has 0 bridgehead atoms. The number of hydrogen-bond acceptors (Lipinski definition) is 2. The van der Waals surface area contributed by atoms with Crippen molar-refractivity contribution in [1.29, 1.82) is 0 Å². The van der Waals surface area contributed by atoms with Crippen molar-refractivity contribution >= 4 is 72.2 Å². The summed E-state index contributed by atoms with van der Waals surface area (Å²) in [6.45, 7) is 0. The summed E-state index contributed by atoms with van der Waals surface area (Å²) in [5.41, 5.74) is 8.71. The summed E-state index contributed by atoms with van der Waals surface area (Å²) in [5.74, 6) is 0.865. The van der Waals surface area contributed by atoms with Crippen molar-refractivity contribution in [2.24, 2.45) is 0 Å². The lowest BCUT2D eigenvalue weighted by molar-refractivity contribution is 1.18. The van der Waals surface area contributed by atoms with Gasteiger partial charge in [0.25, 0.3) is 0 Å². The lowest BCUT2D eigenvalue weighted by Crippen LogP contribution is -1.98. The molecule has 0 saturated heterocycles. The maximum atomic E-state index is 6.53. The average Bonchev–Trinajstić information content (AvgIpc) is 3.66. The van der Waals surface area contributed by atoms with Gasteiger partial charge in [0, 0.05) is 27.2 Å². The molecule has 0 saturated carbocycles. The fourth-order valence-electron chi connectivity index (χ4n) is 6.72. The highest BCUT2D eigenvalue weighted by molar-refractivity contribution is 6.33. The van der Waals surface area contributed by atoms with Gasteiger partial charge < -0.3 is 9.88 Å². The van der Waals surface area contributed by atoms with Gasteiger partial charge in [-0.3, -0.25) is 4.40 Å². The Morgan fingerprint density at radius 2 is 1.30 bits per heavy atom. The van der Waals surface area contributed by atoms with Crippen molar-refractivity contribution in [2.75, 3.05) is 5.32 Å². The first kappa shape index (κ1) is 25.0. The van der Waals surface area contributed by atoms with E-state index >= 15 is 0 Å². The summed E-state index contributed by atoms with van der Waals surface area (Å²) < 4.78 is 4.56. The van der Waals surface area contributed by atoms with Crippen LogP contribution in [0.4, 0.5) is 11.5 Å². The molecule has 208 valence electrons. The second kappa shape index (κ2) is 9.73. The minimum Gasteiger partial charge on any atom is -0.339 e. The number of para-hydroxylation sites is 4. The molecule has 0 unspecified atom stereocenters. The lowest BCUT2D eigenvalue weighted by atomic mass is 9.96. The zero-order valence-electron chi connectivity index (χ0n) is 23.6. The van der Waals surface area contributed by atoms with Crippen molar-refractivity contribution in [2.45, 2.75) is 0 Å². The standard InChI is InChI=1S/C39H25ClN4/c40-32-16-6-7-17-33(32)42-37-24-41-39-31-23-25(21-22-28(31)29-13-4-8-18-34(29)44(37)39)27-15-10-20-36-38(27)30-14-5-9-19-35(30)43(36)26-11-2-1-3-12-26/h1-24,42H. The normalized spacial score (nSPS) is 11.8. The van der Waals surface area contributed by atoms with Gasteiger partial charge >= 0.3 is 0 Å². The van der Waals surface area contributed by atoms with Gasteiger partial charge in [0.1, 0.15) is 11.5 Å². The monoisotopic (exact) mass is 584 g/mol. The maximum Gasteiger partial charge on any atom is 0.146 e. The fourth-order valence-corrected chi connectivity index (χ4v) is 6.90. The molecular formula is C39H25ClN4. The highest BCUT2D eigenvalue weighted by Crippen LogP contribution is 2.41. The summed E-state index contributed by atoms with van der Waals surface area (Å²) in [4.78, 5) is 4.97. The summed E-state index contributed by atoms with van der Waals surface area (Å²) in [6, 6.07) is 49.0. The van der Waals surface area contributed by atoms with E-state index in [0.717, 1.165) is 39.3 Å². The van der Waals surface area contributed by atoms with Crippen molar-refractivity contribution in [3.8, 4) is 16.8 Å². The number of nitrogens with one attached hydrogen (secondary N) is 1. The number of imidazole rings is 1. The van der Waals surface area contributed by atoms with E-state index in [2.05, 4.69) is 130 Å². The fraction of sp³-hybridized carbons (Fsp3) is 0. The zero-order valence-corrected chi connectivity index (χ0v) is 24.3. The Bertz CT molecular complexity index is 2540. The van der Waals surface area contributed by atoms with Gasteiger partial charge in [0.15, 0.2) is 0 Å². The predicted molar refractivity (Wildman–Crippen MR) is 185 cm³/mol. The Balaban J connectivity index is 1.32. The topological polar surface area (TPSA) is 34.3 Å². The number of nitrogens with zero attached hydrogens (tertiary/aromatic N) is 3. The molecular weight excluding hydrogens is 560 g/mol. The molecule has 9 aromatic rings. The molecule has 0 aliphatic rings. The van der Waals surface area contributed by atoms with Crippen LogP contribution in [0.3, 0.4) is 0 Å². The molecule has 0 aliphatic heterocycles. The van der Waals surface area contributed by atoms with Crippen molar-refractivity contribution in [3.05, 3.63) is 151 Å². The third-order valence-electron chi connectivity index (χ3n) is 8.62. The molecule has 0 aliphatic carbocycles. The van der Waals surface area contributed by atoms with Crippen LogP contribution in [0.15, 0.2) is 146 Å². The maximum absolute atomic E-state index is 6.53. The van der Waals surface area contributed by atoms with Gasteiger partial charge in [-0.25, -0.2) is 4.98 Å². The first-order valence-corrected chi connectivity index (χ1v) is 15.1. The largest absolute Gasteiger partial charge is 0.339 e. The minimum atomic E-state index is 0.664. The molecule has 0 atom stereocenters. The van der Waals surface area contributed by atoms with Gasteiger partial charge in [-0.2, -0.15) is 0 Å². The SMILES string of the molecule is Clc1ccccc1Nc1cnc2c3cc(-c4cccc5c4c4ccccc4n5-c4ccccc4)ccc3c3ccccc3n12. The summed E-state index contributed by atoms with van der Waals surface area (Å²) >= 11 is 6.53. The van der Waals surface area contributed by atoms with Crippen molar-refractivity contribution < 1.29 is 0 Å². The Kier molecular flexibility index (Phi) is 5.52. The van der Waals surface area contributed by atoms with E-state index in [-0.39, 0.29) is 0 Å². The lowest BCUT2D eigenvalue weighted by Gasteiger charge is -2.14. The van der Waals surface area contributed by atoms with E-state index in [1.165, 1.54) is 38.1 Å². The van der Waals surface area contributed by atoms with Crippen LogP contribution in [0.25, 0.3) is 65.9 Å². The minimum absolute atomic E-state index is 0.664. The molecule has 3 heterocycles. The second-order valence-electron chi connectivity index (χ2n) is 11.1. The van der Waals surface area contributed by atoms with E-state index in [1.54, 1.807) is 0 Å². The Labute approximate surface area is 258 Å². The Morgan fingerprint density at radius 3 is 2.16 bits per heavy atom. The molecule has 44 heavy (non-hydrogen) atoms. The van der Waals surface area contributed by atoms with Crippen LogP contribution in [0.5, 0.6) is 0 Å². The van der Waals surface area contributed by atoms with E-state index in [9.17, 15) is 0 Å². The van der Waals surface area contributed by atoms with Crippen LogP contribution in [0, 0.1) is 0 Å². The number of anilines is 2. The number of hydrogen-bond donors (Lipinski definition) is 1. The molecule has 9 rings (SSSR count). The third-order valence-corrected chi connectivity index (χ3v) is 8.95. The number of aromatic nitrogens is 3. The van der Waals surface area contributed by atoms with Crippen LogP contribution in [0.1, 0.15) is 0 Å². The average molecular weight is 585 g/mol. The third kappa shape index (κ3) is 3.68. The second-order valence-corrected chi connectivity index (χ2v) is 11.5. The summed E-state index contributed by atoms with van der Waals surface area (Å²) in [6.07, 6.45) is 1.89. The summed E-state index contributed by atoms with van der Waals surface area (Å²) in [5, 5.41) is 10.1. The molecule has 6 aromatic carbocycles. The van der Waals surface area contributed by atoms with E-state index < -0.39 is 0 Å². The molecule has 0 radical (unpaired) electrons. The number of benzene rings is 6. The van der Waals surface area contributed by atoms with Crippen LogP contribution in [-0.2, 0) is 0 Å². The van der Waals surface area contributed by atoms with Crippen LogP contribution in [0.2, 0.25) is 5.02 Å². The molecule has 5 heteroatoms. The van der Waals surface area contributed by atoms with Gasteiger partial charge in [0.2, 0.25) is 0 Å². The van der Waals surface area contributed by atoms with Gasteiger partial charge in [0.05, 0.1) is 33.5 Å². The number of fused-ring (bicyclic) bond motifs is 9. The zero-order chi connectivity index (χ0) is 29.2. The smallest absolute Gasteiger partial charge is 0.146 e. The van der Waals surface area contributed by atoms with Crippen molar-refractivity contribution in [3.63, 3.8) is 0 Å². The number of halogens is 1. The molecule has 3 aromatic heterocycles. The first-order chi connectivity index (χ1) is 21.8. The molecule has 4 nitrogen and oxygen atoms in total. The van der Waals surface area contributed by atoms with Crippen molar-refractivity contribution in [1.82, 2.24) is 14.0 Å².